The van der Waals surface area contributed by atoms with Crippen LogP contribution in [0.15, 0.2) is 0 Å². The molecule has 0 radical (unpaired) electrons. The average Bonchev–Trinajstić information content (AvgIpc) is 2.99. The van der Waals surface area contributed by atoms with E-state index in [2.05, 4.69) is 24.3 Å². The normalized spacial score (nSPS) is 16.1. The van der Waals surface area contributed by atoms with Gasteiger partial charge in [-0.05, 0) is 31.2 Å². The molecular weight excluding hydrogens is 222 g/mol. The molecule has 90 valence electrons. The van der Waals surface area contributed by atoms with Gasteiger partial charge >= 0.3 is 0 Å². The van der Waals surface area contributed by atoms with Gasteiger partial charge < -0.3 is 5.32 Å². The first-order valence-corrected chi connectivity index (χ1v) is 6.39. The monoisotopic (exact) mass is 241 g/mol. The highest BCUT2D eigenvalue weighted by Gasteiger charge is 2.21. The molecule has 0 unspecified atom stereocenters. The minimum Gasteiger partial charge on any atom is -0.312 e. The van der Waals surface area contributed by atoms with Gasteiger partial charge in [-0.3, -0.25) is 4.68 Å². The van der Waals surface area contributed by atoms with Crippen LogP contribution >= 0.6 is 11.6 Å². The van der Waals surface area contributed by atoms with Crippen LogP contribution in [0.1, 0.15) is 43.9 Å². The molecule has 0 aliphatic heterocycles. The minimum absolute atomic E-state index is 0.427. The molecule has 0 saturated heterocycles. The van der Waals surface area contributed by atoms with Crippen LogP contribution in [0.25, 0.3) is 0 Å². The maximum atomic E-state index is 6.25. The Labute approximate surface area is 102 Å². The van der Waals surface area contributed by atoms with Crippen LogP contribution in [0.3, 0.4) is 0 Å². The van der Waals surface area contributed by atoms with E-state index in [9.17, 15) is 0 Å². The highest BCUT2D eigenvalue weighted by atomic mass is 35.5. The molecule has 0 amide bonds. The van der Waals surface area contributed by atoms with Gasteiger partial charge in [0.2, 0.25) is 0 Å². The maximum absolute atomic E-state index is 6.25. The van der Waals surface area contributed by atoms with Crippen LogP contribution in [0.4, 0.5) is 0 Å². The molecule has 4 heteroatoms. The van der Waals surface area contributed by atoms with Crippen molar-refractivity contribution in [1.82, 2.24) is 15.1 Å². The zero-order valence-corrected chi connectivity index (χ0v) is 11.0. The van der Waals surface area contributed by atoms with Gasteiger partial charge in [0, 0.05) is 19.2 Å². The van der Waals surface area contributed by atoms with Gasteiger partial charge in [-0.25, -0.2) is 0 Å². The smallest absolute Gasteiger partial charge is 0.131 e. The van der Waals surface area contributed by atoms with Gasteiger partial charge in [0.1, 0.15) is 5.15 Å². The van der Waals surface area contributed by atoms with Gasteiger partial charge in [-0.2, -0.15) is 5.10 Å². The summed E-state index contributed by atoms with van der Waals surface area (Å²) in [7, 11) is 1.90. The molecule has 1 aromatic rings. The van der Waals surface area contributed by atoms with E-state index in [1.165, 1.54) is 18.4 Å². The summed E-state index contributed by atoms with van der Waals surface area (Å²) in [6, 6.07) is 0. The lowest BCUT2D eigenvalue weighted by molar-refractivity contribution is 0.632. The second-order valence-electron chi connectivity index (χ2n) is 5.01. The molecule has 0 bridgehead atoms. The lowest BCUT2D eigenvalue weighted by atomic mass is 10.1. The number of rotatable bonds is 5. The number of aromatic nitrogens is 2. The number of hydrogen-bond acceptors (Lipinski definition) is 2. The van der Waals surface area contributed by atoms with Gasteiger partial charge in [-0.1, -0.05) is 25.4 Å². The van der Waals surface area contributed by atoms with Crippen molar-refractivity contribution in [3.8, 4) is 0 Å². The average molecular weight is 242 g/mol. The minimum atomic E-state index is 0.427. The van der Waals surface area contributed by atoms with Crippen molar-refractivity contribution in [1.29, 1.82) is 0 Å². The van der Waals surface area contributed by atoms with Crippen LogP contribution in [-0.4, -0.2) is 16.3 Å². The van der Waals surface area contributed by atoms with Crippen molar-refractivity contribution >= 4 is 11.6 Å². The number of hydrogen-bond donors (Lipinski definition) is 1. The predicted molar refractivity (Wildman–Crippen MR) is 66.7 cm³/mol. The highest BCUT2D eigenvalue weighted by Crippen LogP contribution is 2.28. The number of nitrogens with one attached hydrogen (secondary N) is 1. The van der Waals surface area contributed by atoms with E-state index in [-0.39, 0.29) is 0 Å². The molecule has 1 saturated carbocycles. The lowest BCUT2D eigenvalue weighted by Gasteiger charge is -2.07. The largest absolute Gasteiger partial charge is 0.312 e. The van der Waals surface area contributed by atoms with E-state index < -0.39 is 0 Å². The first-order chi connectivity index (χ1) is 7.59. The first-order valence-electron chi connectivity index (χ1n) is 6.01. The second kappa shape index (κ2) is 4.76. The fraction of sp³-hybridized carbons (Fsp3) is 0.750. The van der Waals surface area contributed by atoms with Crippen molar-refractivity contribution in [3.63, 3.8) is 0 Å². The summed E-state index contributed by atoms with van der Waals surface area (Å²) >= 11 is 6.25. The highest BCUT2D eigenvalue weighted by molar-refractivity contribution is 6.30. The molecule has 1 fully saturated rings. The summed E-state index contributed by atoms with van der Waals surface area (Å²) in [4.78, 5) is 0. The Balaban J connectivity index is 2.04. The topological polar surface area (TPSA) is 29.9 Å². The Morgan fingerprint density at radius 2 is 2.19 bits per heavy atom. The number of halogens is 1. The summed E-state index contributed by atoms with van der Waals surface area (Å²) in [5.41, 5.74) is 2.29. The predicted octanol–water partition coefficient (Wildman–Crippen LogP) is 2.70. The van der Waals surface area contributed by atoms with E-state index in [1.54, 1.807) is 4.68 Å². The Kier molecular flexibility index (Phi) is 3.55. The fourth-order valence-electron chi connectivity index (χ4n) is 1.92. The fourth-order valence-corrected chi connectivity index (χ4v) is 2.12. The van der Waals surface area contributed by atoms with Crippen molar-refractivity contribution in [2.45, 2.75) is 39.2 Å². The summed E-state index contributed by atoms with van der Waals surface area (Å²) in [5.74, 6) is 1.33. The Morgan fingerprint density at radius 3 is 2.75 bits per heavy atom. The zero-order valence-electron chi connectivity index (χ0n) is 10.3. The molecule has 1 N–H and O–H groups in total. The Bertz CT molecular complexity index is 367. The molecule has 2 rings (SSSR count). The summed E-state index contributed by atoms with van der Waals surface area (Å²) in [5, 5.41) is 8.71. The molecule has 0 atom stereocenters. The summed E-state index contributed by atoms with van der Waals surface area (Å²) in [6.07, 6.45) is 2.76. The molecule has 1 aliphatic rings. The van der Waals surface area contributed by atoms with Crippen molar-refractivity contribution < 1.29 is 0 Å². The van der Waals surface area contributed by atoms with Crippen molar-refractivity contribution in [2.75, 3.05) is 6.54 Å². The van der Waals surface area contributed by atoms with Crippen molar-refractivity contribution in [3.05, 3.63) is 16.4 Å². The molecule has 16 heavy (non-hydrogen) atoms. The molecule has 0 aromatic carbocycles. The quantitative estimate of drug-likeness (QED) is 0.859. The van der Waals surface area contributed by atoms with E-state index in [4.69, 9.17) is 11.6 Å². The Morgan fingerprint density at radius 1 is 1.50 bits per heavy atom. The van der Waals surface area contributed by atoms with Gasteiger partial charge in [0.25, 0.3) is 0 Å². The Hall–Kier alpha value is -0.540. The second-order valence-corrected chi connectivity index (χ2v) is 5.37. The molecule has 1 heterocycles. The van der Waals surface area contributed by atoms with Crippen LogP contribution < -0.4 is 5.32 Å². The zero-order chi connectivity index (χ0) is 11.7. The molecular formula is C12H20ClN3. The summed E-state index contributed by atoms with van der Waals surface area (Å²) in [6.45, 7) is 6.27. The molecule has 0 spiro atoms. The molecule has 1 aliphatic carbocycles. The van der Waals surface area contributed by atoms with Crippen LogP contribution in [0.5, 0.6) is 0 Å². The third-order valence-corrected chi connectivity index (χ3v) is 3.55. The van der Waals surface area contributed by atoms with E-state index in [0.29, 0.717) is 5.92 Å². The number of aryl methyl sites for hydroxylation is 1. The third-order valence-electron chi connectivity index (χ3n) is 3.08. The standard InChI is InChI=1S/C12H20ClN3/c1-8(2)11-10(12(13)16(3)15-11)7-14-6-9-4-5-9/h8-9,14H,4-7H2,1-3H3. The SMILES string of the molecule is CC(C)c1nn(C)c(Cl)c1CNCC1CC1. The van der Waals surface area contributed by atoms with Crippen LogP contribution in [0, 0.1) is 5.92 Å². The van der Waals surface area contributed by atoms with E-state index >= 15 is 0 Å². The van der Waals surface area contributed by atoms with Gasteiger partial charge in [-0.15, -0.1) is 0 Å². The van der Waals surface area contributed by atoms with Gasteiger partial charge in [0.05, 0.1) is 5.69 Å². The van der Waals surface area contributed by atoms with Crippen LogP contribution in [0.2, 0.25) is 5.15 Å². The number of nitrogens with zero attached hydrogens (tertiary/aromatic N) is 2. The van der Waals surface area contributed by atoms with Crippen LogP contribution in [-0.2, 0) is 13.6 Å². The first kappa shape index (κ1) is 11.9. The van der Waals surface area contributed by atoms with E-state index in [0.717, 1.165) is 29.9 Å². The van der Waals surface area contributed by atoms with Gasteiger partial charge in [0.15, 0.2) is 0 Å². The summed E-state index contributed by atoms with van der Waals surface area (Å²) < 4.78 is 1.77. The third kappa shape index (κ3) is 2.58. The maximum Gasteiger partial charge on any atom is 0.131 e. The van der Waals surface area contributed by atoms with Crippen molar-refractivity contribution in [2.24, 2.45) is 13.0 Å². The molecule has 1 aromatic heterocycles. The van der Waals surface area contributed by atoms with E-state index in [1.807, 2.05) is 7.05 Å². The molecule has 3 nitrogen and oxygen atoms in total. The lowest BCUT2D eigenvalue weighted by Crippen LogP contribution is -2.17.